The van der Waals surface area contributed by atoms with Crippen molar-refractivity contribution in [3.05, 3.63) is 40.9 Å². The summed E-state index contributed by atoms with van der Waals surface area (Å²) in [7, 11) is 0. The van der Waals surface area contributed by atoms with E-state index in [1.54, 1.807) is 11.3 Å². The minimum Gasteiger partial charge on any atom is -0.333 e. The maximum absolute atomic E-state index is 12.4. The van der Waals surface area contributed by atoms with Crippen LogP contribution >= 0.6 is 11.3 Å². The molecule has 0 radical (unpaired) electrons. The van der Waals surface area contributed by atoms with Gasteiger partial charge in [-0.2, -0.15) is 0 Å². The molecule has 1 unspecified atom stereocenters. The maximum Gasteiger partial charge on any atom is 0.317 e. The van der Waals surface area contributed by atoms with Gasteiger partial charge in [0.25, 0.3) is 0 Å². The zero-order valence-electron chi connectivity index (χ0n) is 13.7. The lowest BCUT2D eigenvalue weighted by molar-refractivity contribution is 0.158. The van der Waals surface area contributed by atoms with E-state index in [4.69, 9.17) is 0 Å². The van der Waals surface area contributed by atoms with Crippen molar-refractivity contribution in [3.8, 4) is 10.6 Å². The second kappa shape index (κ2) is 7.13. The van der Waals surface area contributed by atoms with Gasteiger partial charge in [0.2, 0.25) is 0 Å². The van der Waals surface area contributed by atoms with Crippen LogP contribution in [0.15, 0.2) is 30.3 Å². The zero-order chi connectivity index (χ0) is 16.2. The van der Waals surface area contributed by atoms with Gasteiger partial charge in [-0.3, -0.25) is 0 Å². The molecule has 1 aromatic carbocycles. The lowest BCUT2D eigenvalue weighted by Gasteiger charge is -2.33. The molecule has 3 rings (SSSR count). The number of hydrogen-bond donors (Lipinski definition) is 1. The quantitative estimate of drug-likeness (QED) is 0.917. The molecule has 1 saturated heterocycles. The average Bonchev–Trinajstić information content (AvgIpc) is 2.95. The fraction of sp³-hybridized carbons (Fsp3) is 0.444. The van der Waals surface area contributed by atoms with Crippen molar-refractivity contribution in [1.29, 1.82) is 0 Å². The number of rotatable bonds is 3. The summed E-state index contributed by atoms with van der Waals surface area (Å²) in [5, 5.41) is 4.07. The second-order valence-corrected chi connectivity index (χ2v) is 7.17. The van der Waals surface area contributed by atoms with Crippen LogP contribution in [0.3, 0.4) is 0 Å². The molecule has 0 spiro atoms. The average molecular weight is 329 g/mol. The molecular weight excluding hydrogens is 306 g/mol. The van der Waals surface area contributed by atoms with Gasteiger partial charge in [0.1, 0.15) is 5.01 Å². The lowest BCUT2D eigenvalue weighted by atomic mass is 10.0. The van der Waals surface area contributed by atoms with Gasteiger partial charge in [-0.25, -0.2) is 9.78 Å². The molecule has 2 amide bonds. The molecule has 2 aromatic rings. The lowest BCUT2D eigenvalue weighted by Crippen LogP contribution is -2.47. The molecule has 23 heavy (non-hydrogen) atoms. The van der Waals surface area contributed by atoms with Crippen LogP contribution < -0.4 is 5.32 Å². The molecule has 2 heterocycles. The number of piperidine rings is 1. The van der Waals surface area contributed by atoms with E-state index in [0.29, 0.717) is 12.6 Å². The SMILES string of the molecule is Cc1nc(-c2ccccc2)sc1CNC(=O)N1CCCCC1C. The van der Waals surface area contributed by atoms with E-state index in [-0.39, 0.29) is 6.03 Å². The fourth-order valence-corrected chi connectivity index (χ4v) is 3.96. The normalized spacial score (nSPS) is 18.0. The van der Waals surface area contributed by atoms with Gasteiger partial charge in [0, 0.05) is 23.0 Å². The number of urea groups is 1. The van der Waals surface area contributed by atoms with E-state index in [1.165, 1.54) is 6.42 Å². The highest BCUT2D eigenvalue weighted by Crippen LogP contribution is 2.27. The van der Waals surface area contributed by atoms with E-state index in [2.05, 4.69) is 29.4 Å². The van der Waals surface area contributed by atoms with Crippen molar-refractivity contribution in [2.24, 2.45) is 0 Å². The molecule has 122 valence electrons. The predicted molar refractivity (Wildman–Crippen MR) is 94.5 cm³/mol. The van der Waals surface area contributed by atoms with Gasteiger partial charge >= 0.3 is 6.03 Å². The Labute approximate surface area is 141 Å². The molecule has 1 atom stereocenters. The first-order valence-corrected chi connectivity index (χ1v) is 9.03. The van der Waals surface area contributed by atoms with E-state index in [1.807, 2.05) is 30.0 Å². The smallest absolute Gasteiger partial charge is 0.317 e. The van der Waals surface area contributed by atoms with Crippen molar-refractivity contribution in [2.45, 2.75) is 45.7 Å². The molecule has 0 bridgehead atoms. The summed E-state index contributed by atoms with van der Waals surface area (Å²) in [6, 6.07) is 10.6. The number of carbonyl (C=O) groups excluding carboxylic acids is 1. The van der Waals surface area contributed by atoms with Crippen molar-refractivity contribution < 1.29 is 4.79 Å². The van der Waals surface area contributed by atoms with Gasteiger partial charge < -0.3 is 10.2 Å². The van der Waals surface area contributed by atoms with Gasteiger partial charge in [-0.05, 0) is 33.1 Å². The van der Waals surface area contributed by atoms with Crippen LogP contribution in [0, 0.1) is 6.92 Å². The number of nitrogens with one attached hydrogen (secondary N) is 1. The second-order valence-electron chi connectivity index (χ2n) is 6.09. The Morgan fingerprint density at radius 2 is 2.13 bits per heavy atom. The predicted octanol–water partition coefficient (Wildman–Crippen LogP) is 4.20. The van der Waals surface area contributed by atoms with Crippen molar-refractivity contribution in [3.63, 3.8) is 0 Å². The fourth-order valence-electron chi connectivity index (χ4n) is 2.95. The highest BCUT2D eigenvalue weighted by molar-refractivity contribution is 7.15. The third kappa shape index (κ3) is 3.72. The zero-order valence-corrected chi connectivity index (χ0v) is 14.5. The van der Waals surface area contributed by atoms with Crippen LogP contribution in [0.1, 0.15) is 36.8 Å². The van der Waals surface area contributed by atoms with Crippen LogP contribution in [0.25, 0.3) is 10.6 Å². The molecule has 0 aliphatic carbocycles. The van der Waals surface area contributed by atoms with E-state index < -0.39 is 0 Å². The van der Waals surface area contributed by atoms with E-state index >= 15 is 0 Å². The molecule has 0 saturated carbocycles. The molecule has 1 aliphatic rings. The van der Waals surface area contributed by atoms with Crippen LogP contribution in [0.2, 0.25) is 0 Å². The summed E-state index contributed by atoms with van der Waals surface area (Å²) < 4.78 is 0. The van der Waals surface area contributed by atoms with Crippen LogP contribution in [-0.2, 0) is 6.54 Å². The minimum absolute atomic E-state index is 0.0475. The molecule has 1 aliphatic heterocycles. The number of amides is 2. The maximum atomic E-state index is 12.4. The van der Waals surface area contributed by atoms with Gasteiger partial charge in [0.05, 0.1) is 12.2 Å². The monoisotopic (exact) mass is 329 g/mol. The Morgan fingerprint density at radius 1 is 1.35 bits per heavy atom. The third-order valence-electron chi connectivity index (χ3n) is 4.38. The number of aromatic nitrogens is 1. The minimum atomic E-state index is 0.0475. The molecule has 5 heteroatoms. The summed E-state index contributed by atoms with van der Waals surface area (Å²) >= 11 is 1.66. The molecule has 1 aromatic heterocycles. The first-order valence-electron chi connectivity index (χ1n) is 8.21. The Kier molecular flexibility index (Phi) is 4.96. The number of carbonyl (C=O) groups is 1. The first kappa shape index (κ1) is 16.0. The van der Waals surface area contributed by atoms with Crippen molar-refractivity contribution >= 4 is 17.4 Å². The van der Waals surface area contributed by atoms with E-state index in [0.717, 1.165) is 40.5 Å². The number of hydrogen-bond acceptors (Lipinski definition) is 3. The summed E-state index contributed by atoms with van der Waals surface area (Å²) in [5.74, 6) is 0. The Hall–Kier alpha value is -1.88. The van der Waals surface area contributed by atoms with Gasteiger partial charge in [-0.1, -0.05) is 30.3 Å². The highest BCUT2D eigenvalue weighted by Gasteiger charge is 2.23. The largest absolute Gasteiger partial charge is 0.333 e. The number of likely N-dealkylation sites (tertiary alicyclic amines) is 1. The number of thiazole rings is 1. The van der Waals surface area contributed by atoms with Crippen molar-refractivity contribution in [2.75, 3.05) is 6.54 Å². The van der Waals surface area contributed by atoms with Crippen molar-refractivity contribution in [1.82, 2.24) is 15.2 Å². The molecular formula is C18H23N3OS. The van der Waals surface area contributed by atoms with Crippen LogP contribution in [0.4, 0.5) is 4.79 Å². The summed E-state index contributed by atoms with van der Waals surface area (Å²) in [5.41, 5.74) is 2.13. The Balaban J connectivity index is 1.64. The summed E-state index contributed by atoms with van der Waals surface area (Å²) in [6.07, 6.45) is 3.43. The summed E-state index contributed by atoms with van der Waals surface area (Å²) in [4.78, 5) is 20.1. The standard InChI is InChI=1S/C18H23N3OS/c1-13-8-6-7-11-21(13)18(22)19-12-16-14(2)20-17(23-16)15-9-4-3-5-10-15/h3-5,9-10,13H,6-8,11-12H2,1-2H3,(H,19,22). The number of nitrogens with zero attached hydrogens (tertiary/aromatic N) is 2. The van der Waals surface area contributed by atoms with Crippen LogP contribution in [0.5, 0.6) is 0 Å². The Morgan fingerprint density at radius 3 is 2.87 bits per heavy atom. The number of benzene rings is 1. The molecule has 1 fully saturated rings. The molecule has 1 N–H and O–H groups in total. The first-order chi connectivity index (χ1) is 11.1. The molecule has 4 nitrogen and oxygen atoms in total. The van der Waals surface area contributed by atoms with Gasteiger partial charge in [-0.15, -0.1) is 11.3 Å². The Bertz CT molecular complexity index is 668. The van der Waals surface area contributed by atoms with E-state index in [9.17, 15) is 4.79 Å². The topological polar surface area (TPSA) is 45.2 Å². The third-order valence-corrected chi connectivity index (χ3v) is 5.58. The summed E-state index contributed by atoms with van der Waals surface area (Å²) in [6.45, 7) is 5.56. The van der Waals surface area contributed by atoms with Crippen LogP contribution in [-0.4, -0.2) is 28.5 Å². The van der Waals surface area contributed by atoms with Gasteiger partial charge in [0.15, 0.2) is 0 Å². The highest BCUT2D eigenvalue weighted by atomic mass is 32.1. The number of aryl methyl sites for hydroxylation is 1.